The second kappa shape index (κ2) is 5.61. The Balaban J connectivity index is 2.78. The van der Waals surface area contributed by atoms with Crippen LogP contribution in [0.4, 0.5) is 0 Å². The van der Waals surface area contributed by atoms with Crippen molar-refractivity contribution in [1.29, 1.82) is 0 Å². The molecule has 1 unspecified atom stereocenters. The second-order valence-corrected chi connectivity index (χ2v) is 6.49. The molecule has 5 heteroatoms. The lowest BCUT2D eigenvalue weighted by atomic mass is 10.2. The van der Waals surface area contributed by atoms with Crippen molar-refractivity contribution in [2.24, 2.45) is 5.73 Å². The fraction of sp³-hybridized carbons (Fsp3) is 0.273. The van der Waals surface area contributed by atoms with Gasteiger partial charge in [-0.2, -0.15) is 0 Å². The van der Waals surface area contributed by atoms with Crippen LogP contribution in [0, 0.1) is 0 Å². The number of hydrogen-bond acceptors (Lipinski definition) is 3. The Labute approximate surface area is 104 Å². The van der Waals surface area contributed by atoms with E-state index >= 15 is 0 Å². The molecular weight excluding hydrogens is 290 g/mol. The van der Waals surface area contributed by atoms with E-state index in [9.17, 15) is 8.42 Å². The van der Waals surface area contributed by atoms with Crippen molar-refractivity contribution in [3.63, 3.8) is 0 Å². The molecule has 0 aliphatic carbocycles. The Morgan fingerprint density at radius 2 is 1.94 bits per heavy atom. The predicted molar refractivity (Wildman–Crippen MR) is 69.0 cm³/mol. The van der Waals surface area contributed by atoms with Gasteiger partial charge in [-0.05, 0) is 30.7 Å². The molecule has 3 nitrogen and oxygen atoms in total. The molecule has 0 heterocycles. The molecule has 0 aromatic heterocycles. The van der Waals surface area contributed by atoms with Gasteiger partial charge in [0, 0.05) is 10.5 Å². The molecule has 0 fully saturated rings. The van der Waals surface area contributed by atoms with E-state index in [4.69, 9.17) is 5.73 Å². The van der Waals surface area contributed by atoms with Crippen LogP contribution in [0.25, 0.3) is 0 Å². The highest BCUT2D eigenvalue weighted by atomic mass is 79.9. The quantitative estimate of drug-likeness (QED) is 0.848. The van der Waals surface area contributed by atoms with Crippen LogP contribution in [-0.4, -0.2) is 20.2 Å². The van der Waals surface area contributed by atoms with Crippen LogP contribution >= 0.6 is 15.9 Å². The van der Waals surface area contributed by atoms with Crippen LogP contribution < -0.4 is 5.73 Å². The minimum Gasteiger partial charge on any atom is -0.324 e. The average Bonchev–Trinajstić information content (AvgIpc) is 2.26. The van der Waals surface area contributed by atoms with Gasteiger partial charge >= 0.3 is 0 Å². The summed E-state index contributed by atoms with van der Waals surface area (Å²) in [5.74, 6) is 0.0435. The normalized spacial score (nSPS) is 13.4. The van der Waals surface area contributed by atoms with Crippen LogP contribution in [0.3, 0.4) is 0 Å². The zero-order valence-electron chi connectivity index (χ0n) is 8.77. The molecular formula is C11H14BrNO2S. The van der Waals surface area contributed by atoms with Crippen molar-refractivity contribution in [1.82, 2.24) is 0 Å². The Morgan fingerprint density at radius 1 is 1.38 bits per heavy atom. The van der Waals surface area contributed by atoms with Crippen LogP contribution in [0.15, 0.2) is 46.3 Å². The molecule has 0 bridgehead atoms. The van der Waals surface area contributed by atoms with Crippen molar-refractivity contribution in [2.45, 2.75) is 17.4 Å². The van der Waals surface area contributed by atoms with Crippen LogP contribution in [0.1, 0.15) is 6.42 Å². The predicted octanol–water partition coefficient (Wildman–Crippen LogP) is 2.13. The summed E-state index contributed by atoms with van der Waals surface area (Å²) in [4.78, 5) is 0.326. The summed E-state index contributed by atoms with van der Waals surface area (Å²) >= 11 is 3.26. The van der Waals surface area contributed by atoms with Gasteiger partial charge in [0.05, 0.1) is 10.6 Å². The topological polar surface area (TPSA) is 60.2 Å². The number of hydrogen-bond donors (Lipinski definition) is 1. The van der Waals surface area contributed by atoms with Gasteiger partial charge in [-0.25, -0.2) is 8.42 Å². The molecule has 16 heavy (non-hydrogen) atoms. The highest BCUT2D eigenvalue weighted by Crippen LogP contribution is 2.16. The fourth-order valence-electron chi connectivity index (χ4n) is 1.17. The zero-order chi connectivity index (χ0) is 12.2. The summed E-state index contributed by atoms with van der Waals surface area (Å²) in [6.45, 7) is 3.52. The average molecular weight is 304 g/mol. The van der Waals surface area contributed by atoms with Gasteiger partial charge in [0.25, 0.3) is 0 Å². The summed E-state index contributed by atoms with van der Waals surface area (Å²) in [6, 6.07) is 6.31. The molecule has 0 saturated heterocycles. The molecule has 0 radical (unpaired) electrons. The Hall–Kier alpha value is -0.650. The third kappa shape index (κ3) is 3.73. The maximum absolute atomic E-state index is 11.9. The van der Waals surface area contributed by atoms with Crippen molar-refractivity contribution >= 4 is 25.8 Å². The van der Waals surface area contributed by atoms with E-state index in [1.165, 1.54) is 0 Å². The summed E-state index contributed by atoms with van der Waals surface area (Å²) < 4.78 is 24.6. The first kappa shape index (κ1) is 13.4. The first-order chi connectivity index (χ1) is 7.45. The highest BCUT2D eigenvalue weighted by molar-refractivity contribution is 9.10. The Bertz CT molecular complexity index is 453. The van der Waals surface area contributed by atoms with E-state index < -0.39 is 9.84 Å². The number of benzene rings is 1. The van der Waals surface area contributed by atoms with Crippen molar-refractivity contribution in [3.05, 3.63) is 41.4 Å². The zero-order valence-corrected chi connectivity index (χ0v) is 11.2. The van der Waals surface area contributed by atoms with E-state index in [0.717, 1.165) is 4.47 Å². The minimum absolute atomic E-state index is 0.0435. The van der Waals surface area contributed by atoms with Gasteiger partial charge in [0.2, 0.25) is 0 Å². The SMILES string of the molecule is C=CC(N)CCS(=O)(=O)c1ccc(Br)cc1. The van der Waals surface area contributed by atoms with E-state index in [2.05, 4.69) is 22.5 Å². The molecule has 0 aliphatic rings. The number of rotatable bonds is 5. The Kier molecular flexibility index (Phi) is 4.70. The van der Waals surface area contributed by atoms with Crippen molar-refractivity contribution in [3.8, 4) is 0 Å². The summed E-state index contributed by atoms with van der Waals surface area (Å²) in [5.41, 5.74) is 5.59. The minimum atomic E-state index is -3.23. The lowest BCUT2D eigenvalue weighted by Crippen LogP contribution is -2.21. The number of sulfone groups is 1. The van der Waals surface area contributed by atoms with E-state index in [-0.39, 0.29) is 11.8 Å². The summed E-state index contributed by atoms with van der Waals surface area (Å²) in [7, 11) is -3.23. The van der Waals surface area contributed by atoms with Gasteiger partial charge in [-0.15, -0.1) is 6.58 Å². The lowest BCUT2D eigenvalue weighted by Gasteiger charge is -2.07. The molecule has 1 rings (SSSR count). The molecule has 1 aromatic rings. The van der Waals surface area contributed by atoms with Gasteiger partial charge in [-0.1, -0.05) is 22.0 Å². The van der Waals surface area contributed by atoms with Crippen LogP contribution in [0.5, 0.6) is 0 Å². The van der Waals surface area contributed by atoms with Gasteiger partial charge < -0.3 is 5.73 Å². The maximum Gasteiger partial charge on any atom is 0.178 e. The van der Waals surface area contributed by atoms with Gasteiger partial charge in [0.15, 0.2) is 9.84 Å². The van der Waals surface area contributed by atoms with Crippen molar-refractivity contribution in [2.75, 3.05) is 5.75 Å². The largest absolute Gasteiger partial charge is 0.324 e. The van der Waals surface area contributed by atoms with Gasteiger partial charge in [0.1, 0.15) is 0 Å². The fourth-order valence-corrected chi connectivity index (χ4v) is 2.80. The monoisotopic (exact) mass is 303 g/mol. The highest BCUT2D eigenvalue weighted by Gasteiger charge is 2.14. The summed E-state index contributed by atoms with van der Waals surface area (Å²) in [6.07, 6.45) is 1.94. The number of halogens is 1. The second-order valence-electron chi connectivity index (χ2n) is 3.46. The third-order valence-electron chi connectivity index (χ3n) is 2.20. The standard InChI is InChI=1S/C11H14BrNO2S/c1-2-10(13)7-8-16(14,15)11-5-3-9(12)4-6-11/h2-6,10H,1,7-8,13H2. The molecule has 0 saturated carbocycles. The maximum atomic E-state index is 11.9. The van der Waals surface area contributed by atoms with E-state index in [0.29, 0.717) is 11.3 Å². The number of nitrogens with two attached hydrogens (primary N) is 1. The molecule has 2 N–H and O–H groups in total. The Morgan fingerprint density at radius 3 is 2.44 bits per heavy atom. The molecule has 1 aromatic carbocycles. The summed E-state index contributed by atoms with van der Waals surface area (Å²) in [5, 5.41) is 0. The molecule has 0 aliphatic heterocycles. The molecule has 1 atom stereocenters. The van der Waals surface area contributed by atoms with E-state index in [1.54, 1.807) is 30.3 Å². The third-order valence-corrected chi connectivity index (χ3v) is 4.49. The smallest absolute Gasteiger partial charge is 0.178 e. The molecule has 0 amide bonds. The molecule has 88 valence electrons. The van der Waals surface area contributed by atoms with Crippen LogP contribution in [0.2, 0.25) is 0 Å². The van der Waals surface area contributed by atoms with Gasteiger partial charge in [-0.3, -0.25) is 0 Å². The first-order valence-electron chi connectivity index (χ1n) is 4.82. The first-order valence-corrected chi connectivity index (χ1v) is 7.26. The van der Waals surface area contributed by atoms with E-state index in [1.807, 2.05) is 0 Å². The molecule has 0 spiro atoms. The van der Waals surface area contributed by atoms with Crippen LogP contribution in [-0.2, 0) is 9.84 Å². The van der Waals surface area contributed by atoms with Crippen molar-refractivity contribution < 1.29 is 8.42 Å². The lowest BCUT2D eigenvalue weighted by molar-refractivity contribution is 0.590.